The van der Waals surface area contributed by atoms with E-state index in [-0.39, 0.29) is 6.04 Å². The van der Waals surface area contributed by atoms with Gasteiger partial charge in [-0.15, -0.1) is 0 Å². The van der Waals surface area contributed by atoms with Crippen LogP contribution in [0.1, 0.15) is 18.5 Å². The van der Waals surface area contributed by atoms with Crippen molar-refractivity contribution in [1.82, 2.24) is 0 Å². The maximum atomic E-state index is 6.00. The zero-order valence-electron chi connectivity index (χ0n) is 8.50. The van der Waals surface area contributed by atoms with Gasteiger partial charge in [-0.1, -0.05) is 11.6 Å². The zero-order chi connectivity index (χ0) is 10.7. The number of methoxy groups -OCH3 is 2. The lowest BCUT2D eigenvalue weighted by molar-refractivity contribution is 0.354. The van der Waals surface area contributed by atoms with E-state index in [4.69, 9.17) is 26.8 Å². The van der Waals surface area contributed by atoms with Crippen LogP contribution in [0.3, 0.4) is 0 Å². The third-order valence-corrected chi connectivity index (χ3v) is 2.26. The SMILES string of the molecule is COc1cc(C(C)N)cc(Cl)c1OC. The first kappa shape index (κ1) is 11.1. The summed E-state index contributed by atoms with van der Waals surface area (Å²) in [4.78, 5) is 0. The van der Waals surface area contributed by atoms with Crippen molar-refractivity contribution in [2.24, 2.45) is 5.73 Å². The summed E-state index contributed by atoms with van der Waals surface area (Å²) in [6.07, 6.45) is 0. The molecule has 1 unspecified atom stereocenters. The van der Waals surface area contributed by atoms with Crippen LogP contribution >= 0.6 is 11.6 Å². The van der Waals surface area contributed by atoms with E-state index in [2.05, 4.69) is 0 Å². The van der Waals surface area contributed by atoms with Gasteiger partial charge in [0.2, 0.25) is 0 Å². The van der Waals surface area contributed by atoms with E-state index in [1.54, 1.807) is 20.3 Å². The van der Waals surface area contributed by atoms with Crippen molar-refractivity contribution in [3.63, 3.8) is 0 Å². The molecular formula is C10H14ClNO2. The molecule has 0 bridgehead atoms. The first-order chi connectivity index (χ1) is 6.60. The average Bonchev–Trinajstić information content (AvgIpc) is 2.16. The van der Waals surface area contributed by atoms with Crippen LogP contribution < -0.4 is 15.2 Å². The van der Waals surface area contributed by atoms with Crippen LogP contribution in [0.15, 0.2) is 12.1 Å². The second-order valence-corrected chi connectivity index (χ2v) is 3.43. The number of nitrogens with two attached hydrogens (primary N) is 1. The number of ether oxygens (including phenoxy) is 2. The molecule has 1 atom stereocenters. The van der Waals surface area contributed by atoms with E-state index in [9.17, 15) is 0 Å². The molecule has 4 heteroatoms. The van der Waals surface area contributed by atoms with E-state index in [1.165, 1.54) is 0 Å². The lowest BCUT2D eigenvalue weighted by Crippen LogP contribution is -2.05. The fraction of sp³-hybridized carbons (Fsp3) is 0.400. The minimum atomic E-state index is -0.0766. The van der Waals surface area contributed by atoms with Gasteiger partial charge in [-0.25, -0.2) is 0 Å². The first-order valence-electron chi connectivity index (χ1n) is 4.27. The second-order valence-electron chi connectivity index (χ2n) is 3.03. The van der Waals surface area contributed by atoms with E-state index in [1.807, 2.05) is 13.0 Å². The summed E-state index contributed by atoms with van der Waals surface area (Å²) < 4.78 is 10.2. The lowest BCUT2D eigenvalue weighted by atomic mass is 10.1. The highest BCUT2D eigenvalue weighted by Crippen LogP contribution is 2.37. The molecule has 0 amide bonds. The largest absolute Gasteiger partial charge is 0.493 e. The number of benzene rings is 1. The summed E-state index contributed by atoms with van der Waals surface area (Å²) in [6.45, 7) is 1.89. The highest BCUT2D eigenvalue weighted by Gasteiger charge is 2.12. The zero-order valence-corrected chi connectivity index (χ0v) is 9.26. The highest BCUT2D eigenvalue weighted by molar-refractivity contribution is 6.32. The average molecular weight is 216 g/mol. The van der Waals surface area contributed by atoms with Crippen molar-refractivity contribution in [3.8, 4) is 11.5 Å². The summed E-state index contributed by atoms with van der Waals surface area (Å²) in [6, 6.07) is 3.54. The summed E-state index contributed by atoms with van der Waals surface area (Å²) >= 11 is 6.00. The number of hydrogen-bond acceptors (Lipinski definition) is 3. The molecule has 0 saturated heterocycles. The number of rotatable bonds is 3. The highest BCUT2D eigenvalue weighted by atomic mass is 35.5. The number of hydrogen-bond donors (Lipinski definition) is 1. The van der Waals surface area contributed by atoms with Crippen LogP contribution in [0.5, 0.6) is 11.5 Å². The molecule has 14 heavy (non-hydrogen) atoms. The Labute approximate surface area is 88.8 Å². The third-order valence-electron chi connectivity index (χ3n) is 1.98. The molecule has 0 aliphatic heterocycles. The Morgan fingerprint density at radius 2 is 1.93 bits per heavy atom. The van der Waals surface area contributed by atoms with Crippen LogP contribution in [-0.2, 0) is 0 Å². The summed E-state index contributed by atoms with van der Waals surface area (Å²) in [7, 11) is 3.12. The van der Waals surface area contributed by atoms with Gasteiger partial charge in [0.15, 0.2) is 11.5 Å². The van der Waals surface area contributed by atoms with Gasteiger partial charge in [-0.05, 0) is 24.6 Å². The maximum Gasteiger partial charge on any atom is 0.179 e. The summed E-state index contributed by atoms with van der Waals surface area (Å²) in [5, 5.41) is 0.513. The van der Waals surface area contributed by atoms with Crippen molar-refractivity contribution in [2.75, 3.05) is 14.2 Å². The van der Waals surface area contributed by atoms with Crippen LogP contribution in [0.25, 0.3) is 0 Å². The standard InChI is InChI=1S/C10H14ClNO2/c1-6(12)7-4-8(11)10(14-3)9(5-7)13-2/h4-6H,12H2,1-3H3. The Bertz CT molecular complexity index is 326. The predicted octanol–water partition coefficient (Wildman–Crippen LogP) is 2.38. The molecular weight excluding hydrogens is 202 g/mol. The number of halogens is 1. The Morgan fingerprint density at radius 3 is 2.36 bits per heavy atom. The van der Waals surface area contributed by atoms with Gasteiger partial charge in [-0.3, -0.25) is 0 Å². The van der Waals surface area contributed by atoms with Crippen LogP contribution in [0, 0.1) is 0 Å². The molecule has 0 spiro atoms. The smallest absolute Gasteiger partial charge is 0.179 e. The van der Waals surface area contributed by atoms with Gasteiger partial charge >= 0.3 is 0 Å². The van der Waals surface area contributed by atoms with Crippen LogP contribution in [0.4, 0.5) is 0 Å². The molecule has 1 rings (SSSR count). The molecule has 0 radical (unpaired) electrons. The van der Waals surface area contributed by atoms with Gasteiger partial charge in [-0.2, -0.15) is 0 Å². The van der Waals surface area contributed by atoms with Gasteiger partial charge in [0.25, 0.3) is 0 Å². The van der Waals surface area contributed by atoms with Crippen molar-refractivity contribution in [1.29, 1.82) is 0 Å². The molecule has 1 aromatic rings. The summed E-state index contributed by atoms with van der Waals surface area (Å²) in [5.74, 6) is 1.14. The van der Waals surface area contributed by atoms with Crippen LogP contribution in [0.2, 0.25) is 5.02 Å². The molecule has 78 valence electrons. The fourth-order valence-electron chi connectivity index (χ4n) is 1.20. The Balaban J connectivity index is 3.24. The Morgan fingerprint density at radius 1 is 1.29 bits per heavy atom. The maximum absolute atomic E-state index is 6.00. The molecule has 0 fully saturated rings. The molecule has 2 N–H and O–H groups in total. The minimum absolute atomic E-state index is 0.0766. The minimum Gasteiger partial charge on any atom is -0.493 e. The fourth-order valence-corrected chi connectivity index (χ4v) is 1.50. The van der Waals surface area contributed by atoms with Crippen molar-refractivity contribution in [3.05, 3.63) is 22.7 Å². The molecule has 1 aromatic carbocycles. The van der Waals surface area contributed by atoms with Gasteiger partial charge in [0.1, 0.15) is 0 Å². The van der Waals surface area contributed by atoms with Gasteiger partial charge in [0.05, 0.1) is 19.2 Å². The molecule has 3 nitrogen and oxygen atoms in total. The molecule has 0 aliphatic carbocycles. The quantitative estimate of drug-likeness (QED) is 0.842. The third kappa shape index (κ3) is 2.11. The molecule has 0 aromatic heterocycles. The van der Waals surface area contributed by atoms with Crippen molar-refractivity contribution >= 4 is 11.6 Å². The first-order valence-corrected chi connectivity index (χ1v) is 4.65. The summed E-state index contributed by atoms with van der Waals surface area (Å²) in [5.41, 5.74) is 6.67. The van der Waals surface area contributed by atoms with E-state index < -0.39 is 0 Å². The topological polar surface area (TPSA) is 44.5 Å². The van der Waals surface area contributed by atoms with Crippen molar-refractivity contribution in [2.45, 2.75) is 13.0 Å². The van der Waals surface area contributed by atoms with E-state index >= 15 is 0 Å². The normalized spacial score (nSPS) is 12.4. The van der Waals surface area contributed by atoms with Gasteiger partial charge < -0.3 is 15.2 Å². The molecule has 0 aliphatic rings. The van der Waals surface area contributed by atoms with E-state index in [0.29, 0.717) is 16.5 Å². The monoisotopic (exact) mass is 215 g/mol. The Kier molecular flexibility index (Phi) is 3.61. The molecule has 0 heterocycles. The second kappa shape index (κ2) is 4.53. The Hall–Kier alpha value is -0.930. The van der Waals surface area contributed by atoms with E-state index in [0.717, 1.165) is 5.56 Å². The van der Waals surface area contributed by atoms with Crippen LogP contribution in [-0.4, -0.2) is 14.2 Å². The molecule has 0 saturated carbocycles. The lowest BCUT2D eigenvalue weighted by Gasteiger charge is -2.13. The predicted molar refractivity (Wildman–Crippen MR) is 57.2 cm³/mol. The van der Waals surface area contributed by atoms with Gasteiger partial charge in [0, 0.05) is 6.04 Å². The van der Waals surface area contributed by atoms with Crippen molar-refractivity contribution < 1.29 is 9.47 Å².